The zero-order valence-electron chi connectivity index (χ0n) is 15.2. The Morgan fingerprint density at radius 2 is 2.22 bits per heavy atom. The number of carbonyl (C=O) groups excluding carboxylic acids is 2. The van der Waals surface area contributed by atoms with Crippen molar-refractivity contribution in [3.05, 3.63) is 23.3 Å². The minimum atomic E-state index is -1.28. The van der Waals surface area contributed by atoms with Crippen molar-refractivity contribution in [1.29, 1.82) is 0 Å². The van der Waals surface area contributed by atoms with E-state index in [1.807, 2.05) is 13.0 Å². The number of phenolic OH excluding ortho intramolecular Hbond substituents is 1. The van der Waals surface area contributed by atoms with Crippen LogP contribution in [0.2, 0.25) is 0 Å². The lowest BCUT2D eigenvalue weighted by Gasteiger charge is -2.61. The molecule has 2 aliphatic carbocycles. The number of benzene rings is 1. The van der Waals surface area contributed by atoms with Crippen LogP contribution in [-0.4, -0.2) is 57.9 Å². The van der Waals surface area contributed by atoms with Crippen molar-refractivity contribution in [3.8, 4) is 11.5 Å². The highest BCUT2D eigenvalue weighted by Gasteiger charge is 2.73. The minimum absolute atomic E-state index is 0.00379. The Balaban J connectivity index is 1.67. The fourth-order valence-corrected chi connectivity index (χ4v) is 5.82. The lowest BCUT2D eigenvalue weighted by Crippen LogP contribution is -2.77. The summed E-state index contributed by atoms with van der Waals surface area (Å²) in [5, 5.41) is 22.2. The summed E-state index contributed by atoms with van der Waals surface area (Å²) in [6, 6.07) is 2.90. The van der Waals surface area contributed by atoms with Gasteiger partial charge in [0.2, 0.25) is 0 Å². The number of ketones is 1. The molecule has 27 heavy (non-hydrogen) atoms. The molecule has 1 amide bonds. The number of amides is 1. The molecule has 2 aliphatic heterocycles. The molecule has 1 saturated heterocycles. The van der Waals surface area contributed by atoms with Crippen molar-refractivity contribution in [2.24, 2.45) is 0 Å². The monoisotopic (exact) mass is 373 g/mol. The molecule has 1 spiro atoms. The highest BCUT2D eigenvalue weighted by atomic mass is 16.6. The van der Waals surface area contributed by atoms with Gasteiger partial charge in [-0.3, -0.25) is 4.79 Å². The fourth-order valence-electron chi connectivity index (χ4n) is 5.82. The molecule has 1 saturated carbocycles. The number of phenols is 1. The first-order valence-corrected chi connectivity index (χ1v) is 9.64. The van der Waals surface area contributed by atoms with Gasteiger partial charge in [-0.05, 0) is 37.3 Å². The van der Waals surface area contributed by atoms with Crippen LogP contribution >= 0.6 is 0 Å². The molecule has 5 rings (SSSR count). The molecule has 7 heteroatoms. The van der Waals surface area contributed by atoms with Crippen LogP contribution in [0, 0.1) is 0 Å². The number of hydrogen-bond acceptors (Lipinski definition) is 6. The number of Topliss-reactive ketones (excluding diaryl/α,β-unsaturated/α-hetero) is 1. The number of rotatable bonds is 2. The van der Waals surface area contributed by atoms with Crippen LogP contribution in [0.15, 0.2) is 12.1 Å². The fraction of sp³-hybridized carbons (Fsp3) is 0.600. The molecule has 4 aliphatic rings. The van der Waals surface area contributed by atoms with Crippen molar-refractivity contribution >= 4 is 11.9 Å². The summed E-state index contributed by atoms with van der Waals surface area (Å²) in [5.74, 6) is 0.270. The number of piperidine rings is 1. The van der Waals surface area contributed by atoms with Gasteiger partial charge >= 0.3 is 6.09 Å². The van der Waals surface area contributed by atoms with E-state index >= 15 is 0 Å². The van der Waals surface area contributed by atoms with E-state index in [0.717, 1.165) is 17.5 Å². The number of aliphatic hydroxyl groups is 1. The van der Waals surface area contributed by atoms with Crippen LogP contribution in [0.4, 0.5) is 4.79 Å². The van der Waals surface area contributed by atoms with Gasteiger partial charge in [0.25, 0.3) is 0 Å². The van der Waals surface area contributed by atoms with E-state index in [0.29, 0.717) is 31.7 Å². The number of likely N-dealkylation sites (tertiary alicyclic amines) is 1. The van der Waals surface area contributed by atoms with Crippen LogP contribution < -0.4 is 4.74 Å². The van der Waals surface area contributed by atoms with Gasteiger partial charge in [0, 0.05) is 18.5 Å². The molecule has 2 bridgehead atoms. The molecule has 2 N–H and O–H groups in total. The number of ether oxygens (including phenoxy) is 2. The van der Waals surface area contributed by atoms with E-state index in [1.54, 1.807) is 11.0 Å². The molecular formula is C20H23NO6. The first-order valence-electron chi connectivity index (χ1n) is 9.64. The lowest BCUT2D eigenvalue weighted by molar-refractivity contribution is -0.183. The third-order valence-corrected chi connectivity index (χ3v) is 6.92. The molecule has 0 radical (unpaired) electrons. The summed E-state index contributed by atoms with van der Waals surface area (Å²) in [7, 11) is 0. The number of carbonyl (C=O) groups is 2. The Labute approximate surface area is 156 Å². The van der Waals surface area contributed by atoms with Crippen LogP contribution in [-0.2, 0) is 21.4 Å². The maximum Gasteiger partial charge on any atom is 0.410 e. The Bertz CT molecular complexity index is 853. The van der Waals surface area contributed by atoms with Gasteiger partial charge in [-0.15, -0.1) is 0 Å². The van der Waals surface area contributed by atoms with Crippen molar-refractivity contribution in [2.45, 2.75) is 62.2 Å². The first kappa shape index (κ1) is 16.9. The normalized spacial score (nSPS) is 35.5. The highest BCUT2D eigenvalue weighted by Crippen LogP contribution is 2.64. The predicted octanol–water partition coefficient (Wildman–Crippen LogP) is 1.66. The summed E-state index contributed by atoms with van der Waals surface area (Å²) in [4.78, 5) is 27.0. The largest absolute Gasteiger partial charge is 0.504 e. The summed E-state index contributed by atoms with van der Waals surface area (Å²) in [6.07, 6.45) is 0.834. The van der Waals surface area contributed by atoms with Gasteiger partial charge in [-0.25, -0.2) is 4.79 Å². The van der Waals surface area contributed by atoms with Gasteiger partial charge < -0.3 is 24.6 Å². The van der Waals surface area contributed by atoms with Crippen molar-refractivity contribution in [1.82, 2.24) is 4.90 Å². The van der Waals surface area contributed by atoms with E-state index in [2.05, 4.69) is 0 Å². The topological polar surface area (TPSA) is 96.3 Å². The van der Waals surface area contributed by atoms with Crippen LogP contribution in [0.1, 0.15) is 43.7 Å². The number of aromatic hydroxyl groups is 1. The summed E-state index contributed by atoms with van der Waals surface area (Å²) >= 11 is 0. The molecule has 1 unspecified atom stereocenters. The third-order valence-electron chi connectivity index (χ3n) is 6.92. The Morgan fingerprint density at radius 3 is 3.00 bits per heavy atom. The highest BCUT2D eigenvalue weighted by molar-refractivity contribution is 5.90. The molecule has 2 heterocycles. The third kappa shape index (κ3) is 1.85. The second-order valence-electron chi connectivity index (χ2n) is 8.09. The molecule has 2 fully saturated rings. The van der Waals surface area contributed by atoms with Crippen molar-refractivity contribution in [3.63, 3.8) is 0 Å². The second-order valence-corrected chi connectivity index (χ2v) is 8.09. The van der Waals surface area contributed by atoms with E-state index < -0.39 is 29.3 Å². The number of nitrogens with zero attached hydrogens (tertiary/aromatic N) is 1. The zero-order valence-corrected chi connectivity index (χ0v) is 15.2. The average Bonchev–Trinajstić information content (AvgIpc) is 3.00. The Kier molecular flexibility index (Phi) is 3.36. The van der Waals surface area contributed by atoms with Gasteiger partial charge in [0.05, 0.1) is 23.7 Å². The molecular weight excluding hydrogens is 350 g/mol. The van der Waals surface area contributed by atoms with Gasteiger partial charge in [0.1, 0.15) is 0 Å². The standard InChI is InChI=1S/C20H23NO6/c1-2-9-26-18(24)21-8-7-19-15-11-3-4-12(22)16(15)27-17(19)13(23)5-6-20(19,25)14(21)10-11/h3-4,14,17,22,25H,2,5-10H2,1H3/t14-,17+,19+,20?/m1/s1. The predicted molar refractivity (Wildman–Crippen MR) is 93.8 cm³/mol. The maximum absolute atomic E-state index is 12.7. The zero-order chi connectivity index (χ0) is 19.0. The molecule has 7 nitrogen and oxygen atoms in total. The lowest BCUT2D eigenvalue weighted by atomic mass is 9.49. The van der Waals surface area contributed by atoms with Gasteiger partial charge in [-0.1, -0.05) is 13.0 Å². The molecule has 144 valence electrons. The van der Waals surface area contributed by atoms with E-state index in [4.69, 9.17) is 9.47 Å². The molecule has 1 aromatic rings. The average molecular weight is 373 g/mol. The van der Waals surface area contributed by atoms with E-state index in [1.165, 1.54) is 0 Å². The van der Waals surface area contributed by atoms with Crippen LogP contribution in [0.3, 0.4) is 0 Å². The van der Waals surface area contributed by atoms with Gasteiger partial charge in [0.15, 0.2) is 23.4 Å². The minimum Gasteiger partial charge on any atom is -0.504 e. The summed E-state index contributed by atoms with van der Waals surface area (Å²) in [5.41, 5.74) is -0.499. The van der Waals surface area contributed by atoms with E-state index in [-0.39, 0.29) is 24.4 Å². The van der Waals surface area contributed by atoms with Crippen molar-refractivity contribution < 1.29 is 29.3 Å². The molecule has 1 aromatic carbocycles. The quantitative estimate of drug-likeness (QED) is 0.819. The first-order chi connectivity index (χ1) is 12.9. The molecule has 0 aromatic heterocycles. The smallest absolute Gasteiger partial charge is 0.410 e. The second kappa shape index (κ2) is 5.38. The Morgan fingerprint density at radius 1 is 1.41 bits per heavy atom. The van der Waals surface area contributed by atoms with Crippen LogP contribution in [0.5, 0.6) is 11.5 Å². The SMILES string of the molecule is CCCOC(=O)N1CC[C@]23c4c5ccc(O)c4O[C@H]2C(=O)CCC3(O)[C@H]1C5. The van der Waals surface area contributed by atoms with Crippen molar-refractivity contribution in [2.75, 3.05) is 13.2 Å². The van der Waals surface area contributed by atoms with Gasteiger partial charge in [-0.2, -0.15) is 0 Å². The van der Waals surface area contributed by atoms with E-state index in [9.17, 15) is 19.8 Å². The van der Waals surface area contributed by atoms with Crippen LogP contribution in [0.25, 0.3) is 0 Å². The summed E-state index contributed by atoms with van der Waals surface area (Å²) < 4.78 is 11.3. The number of hydrogen-bond donors (Lipinski definition) is 2. The summed E-state index contributed by atoms with van der Waals surface area (Å²) in [6.45, 7) is 2.66. The Hall–Kier alpha value is -2.28. The molecule has 4 atom stereocenters. The maximum atomic E-state index is 12.7.